The number of hydrogen-bond acceptors (Lipinski definition) is 10. The number of imide groups is 1. The van der Waals surface area contributed by atoms with Crippen LogP contribution in [0.25, 0.3) is 0 Å². The van der Waals surface area contributed by atoms with Gasteiger partial charge in [-0.1, -0.05) is 13.8 Å². The van der Waals surface area contributed by atoms with E-state index in [9.17, 15) is 34.2 Å². The number of nitrogens with two attached hydrogens (primary N) is 1. The summed E-state index contributed by atoms with van der Waals surface area (Å²) in [6.07, 6.45) is -3.21. The van der Waals surface area contributed by atoms with E-state index in [2.05, 4.69) is 31.9 Å². The molecule has 196 valence electrons. The monoisotopic (exact) mass is 494 g/mol. The number of hydrogen-bond donors (Lipinski definition) is 9. The highest BCUT2D eigenvalue weighted by Gasteiger charge is 2.22. The van der Waals surface area contributed by atoms with Gasteiger partial charge in [0.15, 0.2) is 0 Å². The first-order valence-electron chi connectivity index (χ1n) is 10.3. The molecule has 8 amide bonds. The van der Waals surface area contributed by atoms with Crippen LogP contribution in [0.4, 0.5) is 24.0 Å². The fourth-order valence-corrected chi connectivity index (χ4v) is 1.90. The first-order chi connectivity index (χ1) is 16.1. The van der Waals surface area contributed by atoms with E-state index < -0.39 is 62.5 Å². The van der Waals surface area contributed by atoms with Crippen molar-refractivity contribution >= 4 is 30.3 Å². The molecule has 0 aliphatic rings. The molecule has 0 bridgehead atoms. The number of amides is 8. The lowest BCUT2D eigenvalue weighted by Gasteiger charge is -2.22. The van der Waals surface area contributed by atoms with Crippen LogP contribution in [0.3, 0.4) is 0 Å². The van der Waals surface area contributed by atoms with Crippen LogP contribution in [0.5, 0.6) is 0 Å². The van der Waals surface area contributed by atoms with Crippen molar-refractivity contribution in [3.8, 4) is 0 Å². The van der Waals surface area contributed by atoms with E-state index in [1.165, 1.54) is 0 Å². The topological polar surface area (TPSA) is 246 Å². The zero-order chi connectivity index (χ0) is 25.9. The van der Waals surface area contributed by atoms with E-state index in [1.807, 2.05) is 6.92 Å². The van der Waals surface area contributed by atoms with Crippen molar-refractivity contribution in [1.29, 1.82) is 0 Å². The van der Waals surface area contributed by atoms with Gasteiger partial charge >= 0.3 is 30.3 Å². The van der Waals surface area contributed by atoms with Gasteiger partial charge in [-0.2, -0.15) is 0 Å². The number of nitrogens with one attached hydrogen (secondary N) is 6. The normalized spacial score (nSPS) is 11.9. The van der Waals surface area contributed by atoms with Gasteiger partial charge in [-0.25, -0.2) is 28.9 Å². The molecule has 0 aromatic heterocycles. The van der Waals surface area contributed by atoms with Crippen LogP contribution in [0.1, 0.15) is 20.3 Å². The zero-order valence-corrected chi connectivity index (χ0v) is 19.1. The minimum absolute atomic E-state index is 0.227. The Morgan fingerprint density at radius 3 is 1.76 bits per heavy atom. The smallest absolute Gasteiger partial charge is 0.408 e. The molecule has 0 radical (unpaired) electrons. The van der Waals surface area contributed by atoms with Crippen LogP contribution in [0.2, 0.25) is 0 Å². The fraction of sp³-hybridized carbons (Fsp3) is 0.706. The number of alkyl carbamates (subject to hydrolysis) is 2. The summed E-state index contributed by atoms with van der Waals surface area (Å²) in [5.41, 5.74) is 4.95. The molecule has 0 aliphatic carbocycles. The minimum atomic E-state index is -1.03. The van der Waals surface area contributed by atoms with Crippen molar-refractivity contribution in [2.24, 2.45) is 5.73 Å². The quantitative estimate of drug-likeness (QED) is 0.114. The summed E-state index contributed by atoms with van der Waals surface area (Å²) in [5, 5.41) is 32.5. The summed E-state index contributed by atoms with van der Waals surface area (Å²) in [4.78, 5) is 59.0. The van der Waals surface area contributed by atoms with E-state index in [-0.39, 0.29) is 19.8 Å². The first kappa shape index (κ1) is 30.4. The van der Waals surface area contributed by atoms with E-state index in [0.29, 0.717) is 17.9 Å². The summed E-state index contributed by atoms with van der Waals surface area (Å²) in [6, 6.07) is -3.08. The van der Waals surface area contributed by atoms with Gasteiger partial charge < -0.3 is 57.3 Å². The van der Waals surface area contributed by atoms with Gasteiger partial charge in [-0.3, -0.25) is 0 Å². The minimum Gasteiger partial charge on any atom is -0.447 e. The third kappa shape index (κ3) is 15.3. The second kappa shape index (κ2) is 17.9. The maximum absolute atomic E-state index is 12.3. The molecule has 2 atom stereocenters. The van der Waals surface area contributed by atoms with Crippen molar-refractivity contribution < 1.29 is 43.7 Å². The molecule has 0 spiro atoms. The van der Waals surface area contributed by atoms with Crippen LogP contribution in [-0.2, 0) is 9.47 Å². The molecule has 17 heteroatoms. The number of carbonyl (C=O) groups is 5. The number of aliphatic hydroxyl groups is 2. The first-order valence-corrected chi connectivity index (χ1v) is 10.3. The average Bonchev–Trinajstić information content (AvgIpc) is 2.79. The highest BCUT2D eigenvalue weighted by atomic mass is 16.6. The highest BCUT2D eigenvalue weighted by Crippen LogP contribution is 1.92. The molecule has 0 saturated heterocycles. The molecule has 0 fully saturated rings. The molecule has 17 nitrogen and oxygen atoms in total. The number of urea groups is 3. The van der Waals surface area contributed by atoms with Crippen molar-refractivity contribution in [2.45, 2.75) is 32.5 Å². The van der Waals surface area contributed by atoms with Gasteiger partial charge in [-0.15, -0.1) is 0 Å². The average molecular weight is 495 g/mol. The van der Waals surface area contributed by atoms with Gasteiger partial charge in [0, 0.05) is 6.54 Å². The number of primary amides is 1. The molecular weight excluding hydrogens is 460 g/mol. The van der Waals surface area contributed by atoms with Crippen molar-refractivity contribution in [2.75, 3.05) is 46.3 Å². The number of nitrogens with zero attached hydrogens (tertiary/aromatic N) is 1. The molecule has 0 rings (SSSR count). The molecule has 0 aromatic carbocycles. The molecule has 2 unspecified atom stereocenters. The Balaban J connectivity index is 4.50. The number of rotatable bonds is 14. The molecule has 0 heterocycles. The maximum atomic E-state index is 12.3. The largest absolute Gasteiger partial charge is 0.447 e. The second-order valence-corrected chi connectivity index (χ2v) is 6.52. The Morgan fingerprint density at radius 1 is 0.824 bits per heavy atom. The highest BCUT2D eigenvalue weighted by molar-refractivity contribution is 5.94. The molecule has 34 heavy (non-hydrogen) atoms. The standard InChI is InChI=1S/C17H34N8O9/c1-3-11(26)6-33-16(31)22-8-20-14(29)25(10-24-13(18)28)15(30)21-9-23-17(32)34-7-12(27)5-19-4-2/h11-12,19,26-27H,3-10H2,1-2H3,(H,20,29)(H,21,30)(H,22,31)(H,23,32)(H3,18,24,28). The number of carbonyl (C=O) groups excluding carboxylic acids is 5. The van der Waals surface area contributed by atoms with Gasteiger partial charge in [0.25, 0.3) is 0 Å². The predicted octanol–water partition coefficient (Wildman–Crippen LogP) is -2.56. The number of aliphatic hydroxyl groups excluding tert-OH is 2. The Morgan fingerprint density at radius 2 is 1.32 bits per heavy atom. The Kier molecular flexibility index (Phi) is 16.0. The van der Waals surface area contributed by atoms with Crippen LogP contribution >= 0.6 is 0 Å². The predicted molar refractivity (Wildman–Crippen MR) is 116 cm³/mol. The molecule has 0 aliphatic heterocycles. The fourth-order valence-electron chi connectivity index (χ4n) is 1.90. The lowest BCUT2D eigenvalue weighted by molar-refractivity contribution is 0.0662. The van der Waals surface area contributed by atoms with E-state index in [1.54, 1.807) is 6.92 Å². The summed E-state index contributed by atoms with van der Waals surface area (Å²) >= 11 is 0. The summed E-state index contributed by atoms with van der Waals surface area (Å²) < 4.78 is 9.47. The van der Waals surface area contributed by atoms with Gasteiger partial charge in [-0.05, 0) is 13.0 Å². The lowest BCUT2D eigenvalue weighted by atomic mass is 10.3. The Hall–Kier alpha value is -3.57. The lowest BCUT2D eigenvalue weighted by Crippen LogP contribution is -2.56. The van der Waals surface area contributed by atoms with E-state index in [4.69, 9.17) is 15.2 Å². The van der Waals surface area contributed by atoms with Crippen molar-refractivity contribution in [3.63, 3.8) is 0 Å². The Bertz CT molecular complexity index is 667. The van der Waals surface area contributed by atoms with E-state index in [0.717, 1.165) is 0 Å². The third-order valence-corrected chi connectivity index (χ3v) is 3.76. The maximum Gasteiger partial charge on any atom is 0.408 e. The Labute approximate surface area is 196 Å². The van der Waals surface area contributed by atoms with Crippen LogP contribution in [0, 0.1) is 0 Å². The van der Waals surface area contributed by atoms with Crippen LogP contribution < -0.4 is 37.6 Å². The van der Waals surface area contributed by atoms with Gasteiger partial charge in [0.2, 0.25) is 0 Å². The van der Waals surface area contributed by atoms with Gasteiger partial charge in [0.05, 0.1) is 19.4 Å². The summed E-state index contributed by atoms with van der Waals surface area (Å²) in [6.45, 7) is 2.36. The van der Waals surface area contributed by atoms with Crippen LogP contribution in [0.15, 0.2) is 0 Å². The second-order valence-electron chi connectivity index (χ2n) is 6.52. The number of ether oxygens (including phenoxy) is 2. The molecule has 0 aromatic rings. The van der Waals surface area contributed by atoms with Crippen molar-refractivity contribution in [3.05, 3.63) is 0 Å². The van der Waals surface area contributed by atoms with Crippen molar-refractivity contribution in [1.82, 2.24) is 36.8 Å². The number of likely N-dealkylation sites (N-methyl/N-ethyl adjacent to an activating group) is 1. The summed E-state index contributed by atoms with van der Waals surface area (Å²) in [7, 11) is 0. The molecule has 0 saturated carbocycles. The third-order valence-electron chi connectivity index (χ3n) is 3.76. The summed E-state index contributed by atoms with van der Waals surface area (Å²) in [5.74, 6) is 0. The molecule has 10 N–H and O–H groups in total. The molecular formula is C17H34N8O9. The van der Waals surface area contributed by atoms with Gasteiger partial charge in [0.1, 0.15) is 26.0 Å². The zero-order valence-electron chi connectivity index (χ0n) is 19.1. The van der Waals surface area contributed by atoms with E-state index >= 15 is 0 Å². The SMILES string of the molecule is CCNCC(O)COC(=O)NCNC(=O)N(CNC(N)=O)C(=O)NCNC(=O)OCC(O)CC. The van der Waals surface area contributed by atoms with Crippen LogP contribution in [-0.4, -0.2) is 104 Å².